The normalized spacial score (nSPS) is 15.3. The average Bonchev–Trinajstić information content (AvgIpc) is 2.14. The molecular formula is C11H24N2O2. The molecular weight excluding hydrogens is 192 g/mol. The first-order valence-electron chi connectivity index (χ1n) is 5.63. The minimum absolute atomic E-state index is 0.538. The van der Waals surface area contributed by atoms with Crippen LogP contribution in [0.5, 0.6) is 0 Å². The van der Waals surface area contributed by atoms with Gasteiger partial charge in [-0.25, -0.2) is 0 Å². The Morgan fingerprint density at radius 2 is 2.07 bits per heavy atom. The van der Waals surface area contributed by atoms with Gasteiger partial charge in [0.1, 0.15) is 5.54 Å². The lowest BCUT2D eigenvalue weighted by atomic mass is 10.0. The van der Waals surface area contributed by atoms with Crippen molar-refractivity contribution in [3.8, 4) is 0 Å². The van der Waals surface area contributed by atoms with E-state index in [1.54, 1.807) is 6.92 Å². The minimum Gasteiger partial charge on any atom is -0.480 e. The summed E-state index contributed by atoms with van der Waals surface area (Å²) >= 11 is 0. The topological polar surface area (TPSA) is 52.6 Å². The third-order valence-electron chi connectivity index (χ3n) is 2.52. The molecule has 0 amide bonds. The second-order valence-corrected chi connectivity index (χ2v) is 4.26. The zero-order valence-electron chi connectivity index (χ0n) is 10.3. The van der Waals surface area contributed by atoms with Crippen molar-refractivity contribution in [2.24, 2.45) is 0 Å². The summed E-state index contributed by atoms with van der Waals surface area (Å²) in [6, 6.07) is 0. The first-order chi connectivity index (χ1) is 6.96. The standard InChI is InChI=1S/C11H24N2O2/c1-5-7-8-13(4)9-11(3,10(14)15)12-6-2/h12H,5-9H2,1-4H3,(H,14,15). The summed E-state index contributed by atoms with van der Waals surface area (Å²) in [5.41, 5.74) is -0.836. The molecule has 90 valence electrons. The number of hydrogen-bond acceptors (Lipinski definition) is 3. The van der Waals surface area contributed by atoms with Gasteiger partial charge in [-0.3, -0.25) is 4.79 Å². The van der Waals surface area contributed by atoms with E-state index in [-0.39, 0.29) is 0 Å². The Bertz CT molecular complexity index is 197. The summed E-state index contributed by atoms with van der Waals surface area (Å²) in [6.07, 6.45) is 2.24. The second kappa shape index (κ2) is 6.80. The fourth-order valence-corrected chi connectivity index (χ4v) is 1.64. The first-order valence-corrected chi connectivity index (χ1v) is 5.63. The SMILES string of the molecule is CCCCN(C)CC(C)(NCC)C(=O)O. The molecule has 0 bridgehead atoms. The smallest absolute Gasteiger partial charge is 0.324 e. The quantitative estimate of drug-likeness (QED) is 0.639. The summed E-state index contributed by atoms with van der Waals surface area (Å²) in [4.78, 5) is 13.2. The van der Waals surface area contributed by atoms with E-state index in [2.05, 4.69) is 17.1 Å². The van der Waals surface area contributed by atoms with Crippen molar-refractivity contribution in [3.63, 3.8) is 0 Å². The molecule has 2 N–H and O–H groups in total. The van der Waals surface area contributed by atoms with Gasteiger partial charge in [-0.15, -0.1) is 0 Å². The van der Waals surface area contributed by atoms with Crippen molar-refractivity contribution < 1.29 is 9.90 Å². The Kier molecular flexibility index (Phi) is 6.52. The molecule has 1 unspecified atom stereocenters. The van der Waals surface area contributed by atoms with E-state index >= 15 is 0 Å². The highest BCUT2D eigenvalue weighted by Gasteiger charge is 2.32. The summed E-state index contributed by atoms with van der Waals surface area (Å²) in [5.74, 6) is -0.785. The molecule has 0 rings (SSSR count). The average molecular weight is 216 g/mol. The molecule has 1 atom stereocenters. The Hall–Kier alpha value is -0.610. The lowest BCUT2D eigenvalue weighted by Crippen LogP contribution is -2.56. The lowest BCUT2D eigenvalue weighted by molar-refractivity contribution is -0.144. The Morgan fingerprint density at radius 3 is 2.47 bits per heavy atom. The highest BCUT2D eigenvalue weighted by atomic mass is 16.4. The van der Waals surface area contributed by atoms with Gasteiger partial charge in [-0.05, 0) is 33.5 Å². The van der Waals surface area contributed by atoms with Crippen LogP contribution in [0.2, 0.25) is 0 Å². The number of carboxylic acid groups (broad SMARTS) is 1. The zero-order valence-corrected chi connectivity index (χ0v) is 10.3. The van der Waals surface area contributed by atoms with E-state index in [4.69, 9.17) is 5.11 Å². The van der Waals surface area contributed by atoms with Gasteiger partial charge in [0, 0.05) is 6.54 Å². The van der Waals surface area contributed by atoms with E-state index in [1.807, 2.05) is 14.0 Å². The summed E-state index contributed by atoms with van der Waals surface area (Å²) in [5, 5.41) is 12.2. The van der Waals surface area contributed by atoms with Crippen molar-refractivity contribution in [2.75, 3.05) is 26.7 Å². The predicted molar refractivity (Wildman–Crippen MR) is 62.1 cm³/mol. The largest absolute Gasteiger partial charge is 0.480 e. The number of likely N-dealkylation sites (N-methyl/N-ethyl adjacent to an activating group) is 2. The molecule has 0 aliphatic heterocycles. The number of nitrogens with one attached hydrogen (secondary N) is 1. The van der Waals surface area contributed by atoms with Crippen LogP contribution in [0, 0.1) is 0 Å². The third kappa shape index (κ3) is 5.14. The predicted octanol–water partition coefficient (Wildman–Crippen LogP) is 1.17. The van der Waals surface area contributed by atoms with E-state index in [1.165, 1.54) is 0 Å². The van der Waals surface area contributed by atoms with Crippen LogP contribution in [-0.4, -0.2) is 48.2 Å². The molecule has 0 saturated heterocycles. The first kappa shape index (κ1) is 14.4. The fraction of sp³-hybridized carbons (Fsp3) is 0.909. The maximum atomic E-state index is 11.1. The lowest BCUT2D eigenvalue weighted by Gasteiger charge is -2.30. The van der Waals surface area contributed by atoms with Crippen molar-refractivity contribution in [2.45, 2.75) is 39.2 Å². The van der Waals surface area contributed by atoms with E-state index in [0.717, 1.165) is 19.4 Å². The van der Waals surface area contributed by atoms with Crippen LogP contribution >= 0.6 is 0 Å². The van der Waals surface area contributed by atoms with Crippen LogP contribution in [-0.2, 0) is 4.79 Å². The number of carbonyl (C=O) groups is 1. The van der Waals surface area contributed by atoms with E-state index in [9.17, 15) is 4.79 Å². The fourth-order valence-electron chi connectivity index (χ4n) is 1.64. The molecule has 0 aromatic rings. The van der Waals surface area contributed by atoms with Crippen LogP contribution in [0.3, 0.4) is 0 Å². The molecule has 0 heterocycles. The molecule has 0 aromatic heterocycles. The van der Waals surface area contributed by atoms with E-state index < -0.39 is 11.5 Å². The number of rotatable bonds is 8. The summed E-state index contributed by atoms with van der Waals surface area (Å²) in [6.45, 7) is 7.95. The van der Waals surface area contributed by atoms with Gasteiger partial charge in [0.25, 0.3) is 0 Å². The maximum Gasteiger partial charge on any atom is 0.324 e. The van der Waals surface area contributed by atoms with Crippen LogP contribution in [0.25, 0.3) is 0 Å². The molecule has 4 nitrogen and oxygen atoms in total. The Balaban J connectivity index is 4.21. The molecule has 0 aliphatic rings. The van der Waals surface area contributed by atoms with Crippen LogP contribution in [0.1, 0.15) is 33.6 Å². The van der Waals surface area contributed by atoms with Crippen molar-refractivity contribution in [3.05, 3.63) is 0 Å². The van der Waals surface area contributed by atoms with Gasteiger partial charge < -0.3 is 15.3 Å². The molecule has 4 heteroatoms. The molecule has 0 fully saturated rings. The van der Waals surface area contributed by atoms with Crippen LogP contribution in [0.15, 0.2) is 0 Å². The van der Waals surface area contributed by atoms with Crippen LogP contribution in [0.4, 0.5) is 0 Å². The second-order valence-electron chi connectivity index (χ2n) is 4.26. The van der Waals surface area contributed by atoms with Crippen molar-refractivity contribution in [1.82, 2.24) is 10.2 Å². The third-order valence-corrected chi connectivity index (χ3v) is 2.52. The van der Waals surface area contributed by atoms with Gasteiger partial charge in [0.05, 0.1) is 0 Å². The van der Waals surface area contributed by atoms with Gasteiger partial charge in [-0.2, -0.15) is 0 Å². The van der Waals surface area contributed by atoms with Gasteiger partial charge in [0.2, 0.25) is 0 Å². The number of carboxylic acids is 1. The van der Waals surface area contributed by atoms with Crippen LogP contribution < -0.4 is 5.32 Å². The van der Waals surface area contributed by atoms with Crippen molar-refractivity contribution in [1.29, 1.82) is 0 Å². The maximum absolute atomic E-state index is 11.1. The Morgan fingerprint density at radius 1 is 1.47 bits per heavy atom. The molecule has 0 saturated carbocycles. The molecule has 0 aromatic carbocycles. The summed E-state index contributed by atoms with van der Waals surface area (Å²) < 4.78 is 0. The number of unbranched alkanes of at least 4 members (excludes halogenated alkanes) is 1. The van der Waals surface area contributed by atoms with Gasteiger partial charge >= 0.3 is 5.97 Å². The number of aliphatic carboxylic acids is 1. The van der Waals surface area contributed by atoms with Gasteiger partial charge in [-0.1, -0.05) is 20.3 Å². The highest BCUT2D eigenvalue weighted by molar-refractivity contribution is 5.78. The monoisotopic (exact) mass is 216 g/mol. The number of nitrogens with zero attached hydrogens (tertiary/aromatic N) is 1. The van der Waals surface area contributed by atoms with E-state index in [0.29, 0.717) is 13.1 Å². The zero-order chi connectivity index (χ0) is 11.9. The molecule has 0 spiro atoms. The molecule has 15 heavy (non-hydrogen) atoms. The highest BCUT2D eigenvalue weighted by Crippen LogP contribution is 2.07. The Labute approximate surface area is 92.7 Å². The molecule has 0 radical (unpaired) electrons. The minimum atomic E-state index is -0.836. The summed E-state index contributed by atoms with van der Waals surface area (Å²) in [7, 11) is 1.97. The number of hydrogen-bond donors (Lipinski definition) is 2. The van der Waals surface area contributed by atoms with Crippen molar-refractivity contribution >= 4 is 5.97 Å². The molecule has 0 aliphatic carbocycles. The van der Waals surface area contributed by atoms with Gasteiger partial charge in [0.15, 0.2) is 0 Å².